The minimum Gasteiger partial charge on any atom is -0.345 e. The average Bonchev–Trinajstić information content (AvgIpc) is 2.94. The Labute approximate surface area is 131 Å². The molecule has 0 aromatic carbocycles. The van der Waals surface area contributed by atoms with E-state index in [2.05, 4.69) is 15.6 Å². The van der Waals surface area contributed by atoms with Gasteiger partial charge in [0.05, 0.1) is 11.9 Å². The van der Waals surface area contributed by atoms with Gasteiger partial charge in [-0.2, -0.15) is 13.2 Å². The lowest BCUT2D eigenvalue weighted by molar-refractivity contribution is -0.141. The molecule has 0 spiro atoms. The van der Waals surface area contributed by atoms with Crippen molar-refractivity contribution in [2.45, 2.75) is 44.8 Å². The Morgan fingerprint density at radius 1 is 1.26 bits per heavy atom. The smallest absolute Gasteiger partial charge is 0.345 e. The first-order valence-electron chi connectivity index (χ1n) is 7.46. The van der Waals surface area contributed by atoms with Crippen molar-refractivity contribution in [3.05, 3.63) is 24.0 Å². The number of rotatable bonds is 3. The molecule has 1 aliphatic rings. The van der Waals surface area contributed by atoms with Crippen LogP contribution in [0.15, 0.2) is 18.3 Å². The van der Waals surface area contributed by atoms with Gasteiger partial charge < -0.3 is 10.6 Å². The number of hydrogen-bond acceptors (Lipinski definition) is 3. The predicted octanol–water partition coefficient (Wildman–Crippen LogP) is 2.73. The molecule has 126 valence electrons. The van der Waals surface area contributed by atoms with E-state index in [4.69, 9.17) is 0 Å². The normalized spacial score (nSPS) is 21.0. The first kappa shape index (κ1) is 17.2. The van der Waals surface area contributed by atoms with Crippen LogP contribution >= 0.6 is 0 Å². The summed E-state index contributed by atoms with van der Waals surface area (Å²) in [7, 11) is 0. The SMILES string of the molecule is CC[C@@H]1CCC[C@H]1NC(=O)C(=O)Nc1ccc(C(F)(F)F)nc1. The van der Waals surface area contributed by atoms with Crippen molar-refractivity contribution in [3.63, 3.8) is 0 Å². The first-order chi connectivity index (χ1) is 10.8. The van der Waals surface area contributed by atoms with Gasteiger partial charge in [-0.25, -0.2) is 4.98 Å². The van der Waals surface area contributed by atoms with Crippen LogP contribution in [0.5, 0.6) is 0 Å². The molecule has 1 fully saturated rings. The molecule has 0 bridgehead atoms. The topological polar surface area (TPSA) is 71.1 Å². The predicted molar refractivity (Wildman–Crippen MR) is 77.4 cm³/mol. The molecule has 0 saturated heterocycles. The zero-order chi connectivity index (χ0) is 17.0. The van der Waals surface area contributed by atoms with Crippen molar-refractivity contribution in [2.24, 2.45) is 5.92 Å². The van der Waals surface area contributed by atoms with Gasteiger partial charge >= 0.3 is 18.0 Å². The number of pyridine rings is 1. The third kappa shape index (κ3) is 4.43. The number of anilines is 1. The maximum atomic E-state index is 12.4. The van der Waals surface area contributed by atoms with Crippen LogP contribution in [0.2, 0.25) is 0 Å². The number of nitrogens with zero attached hydrogens (tertiary/aromatic N) is 1. The molecule has 0 radical (unpaired) electrons. The van der Waals surface area contributed by atoms with Crippen LogP contribution in [-0.2, 0) is 15.8 Å². The number of hydrogen-bond donors (Lipinski definition) is 2. The van der Waals surface area contributed by atoms with E-state index in [0.717, 1.165) is 44.0 Å². The second kappa shape index (κ2) is 6.97. The third-order valence-electron chi connectivity index (χ3n) is 4.02. The molecular formula is C15H18F3N3O2. The van der Waals surface area contributed by atoms with E-state index in [1.54, 1.807) is 0 Å². The van der Waals surface area contributed by atoms with Crippen LogP contribution in [0.3, 0.4) is 0 Å². The summed E-state index contributed by atoms with van der Waals surface area (Å²) < 4.78 is 37.2. The Bertz CT molecular complexity index is 572. The van der Waals surface area contributed by atoms with E-state index in [9.17, 15) is 22.8 Å². The molecule has 0 aliphatic heterocycles. The Kier molecular flexibility index (Phi) is 5.23. The van der Waals surface area contributed by atoms with Crippen molar-refractivity contribution in [2.75, 3.05) is 5.32 Å². The lowest BCUT2D eigenvalue weighted by Crippen LogP contribution is -2.43. The van der Waals surface area contributed by atoms with Crippen LogP contribution in [0, 0.1) is 5.92 Å². The lowest BCUT2D eigenvalue weighted by Gasteiger charge is -2.19. The summed E-state index contributed by atoms with van der Waals surface area (Å²) in [5.41, 5.74) is -1.02. The summed E-state index contributed by atoms with van der Waals surface area (Å²) in [6.45, 7) is 2.03. The van der Waals surface area contributed by atoms with E-state index < -0.39 is 23.7 Å². The van der Waals surface area contributed by atoms with E-state index in [1.807, 2.05) is 6.92 Å². The molecule has 23 heavy (non-hydrogen) atoms. The number of carbonyl (C=O) groups is 2. The van der Waals surface area contributed by atoms with Gasteiger partial charge in [-0.3, -0.25) is 9.59 Å². The molecule has 1 aromatic rings. The fourth-order valence-electron chi connectivity index (χ4n) is 2.77. The van der Waals surface area contributed by atoms with Crippen LogP contribution in [0.1, 0.15) is 38.3 Å². The Morgan fingerprint density at radius 2 is 2.00 bits per heavy atom. The number of amides is 2. The molecule has 2 N–H and O–H groups in total. The number of alkyl halides is 3. The van der Waals surface area contributed by atoms with Gasteiger partial charge in [-0.15, -0.1) is 0 Å². The standard InChI is InChI=1S/C15H18F3N3O2/c1-2-9-4-3-5-11(9)21-14(23)13(22)20-10-6-7-12(19-8-10)15(16,17)18/h6-9,11H,2-5H2,1H3,(H,20,22)(H,21,23)/t9-,11-/m1/s1. The van der Waals surface area contributed by atoms with E-state index in [1.165, 1.54) is 0 Å². The largest absolute Gasteiger partial charge is 0.433 e. The Hall–Kier alpha value is -2.12. The summed E-state index contributed by atoms with van der Waals surface area (Å²) in [5, 5.41) is 4.93. The Morgan fingerprint density at radius 3 is 2.57 bits per heavy atom. The molecule has 1 aliphatic carbocycles. The molecule has 2 amide bonds. The molecule has 1 aromatic heterocycles. The first-order valence-corrected chi connectivity index (χ1v) is 7.46. The van der Waals surface area contributed by atoms with E-state index in [0.29, 0.717) is 5.92 Å². The van der Waals surface area contributed by atoms with Gasteiger partial charge in [0, 0.05) is 6.04 Å². The minimum absolute atomic E-state index is 0.0241. The fourth-order valence-corrected chi connectivity index (χ4v) is 2.77. The van der Waals surface area contributed by atoms with Gasteiger partial charge in [0.15, 0.2) is 0 Å². The second-order valence-corrected chi connectivity index (χ2v) is 5.56. The molecule has 2 atom stereocenters. The summed E-state index contributed by atoms with van der Waals surface area (Å²) in [6, 6.07) is 1.78. The molecule has 2 rings (SSSR count). The lowest BCUT2D eigenvalue weighted by atomic mass is 10.0. The average molecular weight is 329 g/mol. The van der Waals surface area contributed by atoms with Crippen LogP contribution in [0.4, 0.5) is 18.9 Å². The van der Waals surface area contributed by atoms with Crippen molar-refractivity contribution in [1.82, 2.24) is 10.3 Å². The van der Waals surface area contributed by atoms with E-state index in [-0.39, 0.29) is 11.7 Å². The number of carbonyl (C=O) groups excluding carboxylic acids is 2. The number of aromatic nitrogens is 1. The van der Waals surface area contributed by atoms with Crippen molar-refractivity contribution < 1.29 is 22.8 Å². The summed E-state index contributed by atoms with van der Waals surface area (Å²) in [5.74, 6) is -1.33. The van der Waals surface area contributed by atoms with Crippen LogP contribution in [-0.4, -0.2) is 22.8 Å². The van der Waals surface area contributed by atoms with Crippen molar-refractivity contribution in [1.29, 1.82) is 0 Å². The summed E-state index contributed by atoms with van der Waals surface area (Å²) in [6.07, 6.45) is 0.116. The Balaban J connectivity index is 1.92. The van der Waals surface area contributed by atoms with Gasteiger partial charge in [0.25, 0.3) is 0 Å². The highest BCUT2D eigenvalue weighted by atomic mass is 19.4. The minimum atomic E-state index is -4.54. The maximum Gasteiger partial charge on any atom is 0.433 e. The molecule has 0 unspecified atom stereocenters. The fraction of sp³-hybridized carbons (Fsp3) is 0.533. The number of nitrogens with one attached hydrogen (secondary N) is 2. The third-order valence-corrected chi connectivity index (χ3v) is 4.02. The summed E-state index contributed by atoms with van der Waals surface area (Å²) in [4.78, 5) is 26.9. The van der Waals surface area contributed by atoms with Gasteiger partial charge in [0.2, 0.25) is 0 Å². The molecule has 8 heteroatoms. The zero-order valence-electron chi connectivity index (χ0n) is 12.6. The molecule has 1 heterocycles. The monoisotopic (exact) mass is 329 g/mol. The summed E-state index contributed by atoms with van der Waals surface area (Å²) >= 11 is 0. The highest BCUT2D eigenvalue weighted by molar-refractivity contribution is 6.39. The molecule has 1 saturated carbocycles. The van der Waals surface area contributed by atoms with Crippen LogP contribution in [0.25, 0.3) is 0 Å². The zero-order valence-corrected chi connectivity index (χ0v) is 12.6. The van der Waals surface area contributed by atoms with Gasteiger partial charge in [0.1, 0.15) is 5.69 Å². The highest BCUT2D eigenvalue weighted by Gasteiger charge is 2.32. The van der Waals surface area contributed by atoms with Crippen molar-refractivity contribution in [3.8, 4) is 0 Å². The van der Waals surface area contributed by atoms with Crippen molar-refractivity contribution >= 4 is 17.5 Å². The second-order valence-electron chi connectivity index (χ2n) is 5.56. The number of halogens is 3. The molecule has 5 nitrogen and oxygen atoms in total. The van der Waals surface area contributed by atoms with E-state index >= 15 is 0 Å². The van der Waals surface area contributed by atoms with Crippen LogP contribution < -0.4 is 10.6 Å². The highest BCUT2D eigenvalue weighted by Crippen LogP contribution is 2.28. The van der Waals surface area contributed by atoms with Gasteiger partial charge in [-0.05, 0) is 30.9 Å². The van der Waals surface area contributed by atoms with Gasteiger partial charge in [-0.1, -0.05) is 19.8 Å². The molecular weight excluding hydrogens is 311 g/mol. The quantitative estimate of drug-likeness (QED) is 0.838. The maximum absolute atomic E-state index is 12.4.